The Balaban J connectivity index is 3.50. The van der Waals surface area contributed by atoms with Gasteiger partial charge in [0.15, 0.2) is 0 Å². The fraction of sp³-hybridized carbons (Fsp3) is 0.250. The van der Waals surface area contributed by atoms with Crippen molar-refractivity contribution in [2.45, 2.75) is 0 Å². The van der Waals surface area contributed by atoms with E-state index < -0.39 is 25.9 Å². The van der Waals surface area contributed by atoms with Gasteiger partial charge < -0.3 is 0 Å². The largest absolute Gasteiger partial charge is 0.245 e. The highest BCUT2D eigenvalue weighted by Gasteiger charge is 2.27. The number of anilines is 1. The summed E-state index contributed by atoms with van der Waals surface area (Å²) in [4.78, 5) is 0. The van der Waals surface area contributed by atoms with Gasteiger partial charge in [-0.2, -0.15) is 3.71 Å². The molecule has 0 spiro atoms. The highest BCUT2D eigenvalue weighted by molar-refractivity contribution is 8.09. The van der Waals surface area contributed by atoms with Crippen LogP contribution in [0.4, 0.5) is 10.1 Å². The Morgan fingerprint density at radius 1 is 1.12 bits per heavy atom. The van der Waals surface area contributed by atoms with Gasteiger partial charge in [0.05, 0.1) is 23.2 Å². The lowest BCUT2D eigenvalue weighted by atomic mass is 10.3. The lowest BCUT2D eigenvalue weighted by Gasteiger charge is -2.19. The van der Waals surface area contributed by atoms with E-state index in [1.807, 2.05) is 0 Å². The van der Waals surface area contributed by atoms with Gasteiger partial charge in [-0.1, -0.05) is 11.6 Å². The van der Waals surface area contributed by atoms with E-state index in [-0.39, 0.29) is 14.4 Å². The molecular weight excluding hydrogens is 293 g/mol. The maximum Gasteiger partial charge on any atom is 0.245 e. The lowest BCUT2D eigenvalue weighted by molar-refractivity contribution is 0.590. The summed E-state index contributed by atoms with van der Waals surface area (Å²) in [5.74, 6) is -0.766. The summed E-state index contributed by atoms with van der Waals surface area (Å²) >= 11 is 5.47. The van der Waals surface area contributed by atoms with Crippen molar-refractivity contribution in [2.75, 3.05) is 16.2 Å². The van der Waals surface area contributed by atoms with Crippen LogP contribution in [0.15, 0.2) is 18.2 Å². The summed E-state index contributed by atoms with van der Waals surface area (Å²) in [6.07, 6.45) is 1.45. The lowest BCUT2D eigenvalue weighted by Crippen LogP contribution is -2.35. The van der Waals surface area contributed by atoms with Crippen LogP contribution in [0.5, 0.6) is 0 Å². The molecule has 0 bridgehead atoms. The first kappa shape index (κ1) is 14.2. The van der Waals surface area contributed by atoms with E-state index >= 15 is 0 Å². The fourth-order valence-electron chi connectivity index (χ4n) is 1.23. The molecule has 0 aliphatic carbocycles. The molecule has 0 unspecified atom stereocenters. The number of nitrogens with zero attached hydrogens (tertiary/aromatic N) is 1. The molecular formula is C8H9ClFNO4S2. The van der Waals surface area contributed by atoms with Crippen LogP contribution in [0.25, 0.3) is 0 Å². The Morgan fingerprint density at radius 3 is 1.94 bits per heavy atom. The highest BCUT2D eigenvalue weighted by atomic mass is 35.5. The summed E-state index contributed by atoms with van der Waals surface area (Å²) < 4.78 is 58.6. The molecule has 0 amide bonds. The van der Waals surface area contributed by atoms with Gasteiger partial charge in [0.25, 0.3) is 0 Å². The second kappa shape index (κ2) is 4.43. The molecule has 0 radical (unpaired) electrons. The summed E-state index contributed by atoms with van der Waals surface area (Å²) in [7, 11) is -8.08. The standard InChI is InChI=1S/C8H9ClFNO4S2/c1-16(12,13)11(17(2,14)15)6-3-4-8(10)7(9)5-6/h3-5H,1-2H3. The second-order valence-electron chi connectivity index (χ2n) is 3.32. The van der Waals surface area contributed by atoms with E-state index in [9.17, 15) is 21.2 Å². The minimum absolute atomic E-state index is 0.186. The zero-order valence-corrected chi connectivity index (χ0v) is 11.3. The zero-order valence-electron chi connectivity index (χ0n) is 8.88. The summed E-state index contributed by atoms with van der Waals surface area (Å²) in [6.45, 7) is 0. The molecule has 0 atom stereocenters. The Labute approximate surface area is 104 Å². The third-order valence-corrected chi connectivity index (χ3v) is 5.26. The van der Waals surface area contributed by atoms with Gasteiger partial charge in [-0.25, -0.2) is 21.2 Å². The molecule has 96 valence electrons. The number of hydrogen-bond donors (Lipinski definition) is 0. The minimum atomic E-state index is -4.04. The van der Waals surface area contributed by atoms with Crippen molar-refractivity contribution in [3.8, 4) is 0 Å². The third kappa shape index (κ3) is 3.30. The maximum absolute atomic E-state index is 12.9. The van der Waals surface area contributed by atoms with Crippen LogP contribution >= 0.6 is 11.6 Å². The molecule has 0 aromatic heterocycles. The Morgan fingerprint density at radius 2 is 1.59 bits per heavy atom. The van der Waals surface area contributed by atoms with Crippen LogP contribution in [0, 0.1) is 5.82 Å². The molecule has 0 heterocycles. The van der Waals surface area contributed by atoms with Gasteiger partial charge >= 0.3 is 0 Å². The van der Waals surface area contributed by atoms with E-state index in [1.165, 1.54) is 0 Å². The molecule has 0 fully saturated rings. The molecule has 17 heavy (non-hydrogen) atoms. The van der Waals surface area contributed by atoms with Gasteiger partial charge in [0, 0.05) is 0 Å². The van der Waals surface area contributed by atoms with Gasteiger partial charge in [0.1, 0.15) is 5.82 Å². The van der Waals surface area contributed by atoms with Crippen molar-refractivity contribution in [3.63, 3.8) is 0 Å². The van der Waals surface area contributed by atoms with Crippen molar-refractivity contribution >= 4 is 37.3 Å². The number of sulfonamides is 2. The first-order valence-electron chi connectivity index (χ1n) is 4.19. The predicted octanol–water partition coefficient (Wildman–Crippen LogP) is 1.20. The highest BCUT2D eigenvalue weighted by Crippen LogP contribution is 2.26. The molecule has 5 nitrogen and oxygen atoms in total. The molecule has 0 saturated heterocycles. The van der Waals surface area contributed by atoms with Crippen LogP contribution in [0.2, 0.25) is 5.02 Å². The Bertz CT molecular complexity index is 609. The zero-order chi connectivity index (χ0) is 13.4. The number of halogens is 2. The topological polar surface area (TPSA) is 71.5 Å². The molecule has 0 aliphatic rings. The number of rotatable bonds is 3. The summed E-state index contributed by atoms with van der Waals surface area (Å²) in [6, 6.07) is 2.84. The van der Waals surface area contributed by atoms with Crippen LogP contribution in [-0.4, -0.2) is 29.3 Å². The average Bonchev–Trinajstić information content (AvgIpc) is 2.06. The van der Waals surface area contributed by atoms with Gasteiger partial charge in [0.2, 0.25) is 20.0 Å². The van der Waals surface area contributed by atoms with E-state index in [0.29, 0.717) is 0 Å². The average molecular weight is 302 g/mol. The third-order valence-electron chi connectivity index (χ3n) is 1.72. The fourth-order valence-corrected chi connectivity index (χ4v) is 4.36. The molecule has 0 aliphatic heterocycles. The molecule has 1 rings (SSSR count). The normalized spacial score (nSPS) is 12.5. The monoisotopic (exact) mass is 301 g/mol. The number of benzene rings is 1. The quantitative estimate of drug-likeness (QED) is 0.841. The van der Waals surface area contributed by atoms with E-state index in [1.54, 1.807) is 0 Å². The summed E-state index contributed by atoms with van der Waals surface area (Å²) in [5.41, 5.74) is -0.235. The minimum Gasteiger partial charge on any atom is -0.206 e. The Hall–Kier alpha value is -0.860. The van der Waals surface area contributed by atoms with Crippen molar-refractivity contribution in [1.29, 1.82) is 0 Å². The smallest absolute Gasteiger partial charge is 0.206 e. The van der Waals surface area contributed by atoms with Gasteiger partial charge in [-0.05, 0) is 18.2 Å². The molecule has 1 aromatic carbocycles. The van der Waals surface area contributed by atoms with Crippen molar-refractivity contribution in [1.82, 2.24) is 0 Å². The van der Waals surface area contributed by atoms with E-state index in [0.717, 1.165) is 30.7 Å². The predicted molar refractivity (Wildman–Crippen MR) is 63.6 cm³/mol. The van der Waals surface area contributed by atoms with Crippen LogP contribution < -0.4 is 3.71 Å². The van der Waals surface area contributed by atoms with Crippen LogP contribution in [0.1, 0.15) is 0 Å². The molecule has 1 aromatic rings. The van der Waals surface area contributed by atoms with Crippen LogP contribution in [-0.2, 0) is 20.0 Å². The number of hydrogen-bond acceptors (Lipinski definition) is 4. The van der Waals surface area contributed by atoms with Crippen molar-refractivity contribution < 1.29 is 21.2 Å². The SMILES string of the molecule is CS(=O)(=O)N(c1ccc(F)c(Cl)c1)S(C)(=O)=O. The van der Waals surface area contributed by atoms with Crippen molar-refractivity contribution in [3.05, 3.63) is 29.0 Å². The van der Waals surface area contributed by atoms with E-state index in [4.69, 9.17) is 11.6 Å². The van der Waals surface area contributed by atoms with Gasteiger partial charge in [-0.15, -0.1) is 0 Å². The maximum atomic E-state index is 12.9. The second-order valence-corrected chi connectivity index (χ2v) is 7.62. The van der Waals surface area contributed by atoms with Crippen LogP contribution in [0.3, 0.4) is 0 Å². The molecule has 9 heteroatoms. The Kier molecular flexibility index (Phi) is 3.70. The first-order chi connectivity index (χ1) is 7.53. The van der Waals surface area contributed by atoms with Crippen molar-refractivity contribution in [2.24, 2.45) is 0 Å². The molecule has 0 saturated carbocycles. The van der Waals surface area contributed by atoms with E-state index in [2.05, 4.69) is 0 Å². The summed E-state index contributed by atoms with van der Waals surface area (Å²) in [5, 5.41) is -0.361. The molecule has 0 N–H and O–H groups in total. The van der Waals surface area contributed by atoms with Gasteiger partial charge in [-0.3, -0.25) is 0 Å². The first-order valence-corrected chi connectivity index (χ1v) is 8.26.